The summed E-state index contributed by atoms with van der Waals surface area (Å²) in [6.45, 7) is 3.47. The predicted octanol–water partition coefficient (Wildman–Crippen LogP) is 0.732. The molecule has 2 heteroatoms. The molecule has 0 aliphatic heterocycles. The molecule has 0 bridgehead atoms. The van der Waals surface area contributed by atoms with E-state index in [1.807, 2.05) is 6.42 Å². The highest BCUT2D eigenvalue weighted by molar-refractivity contribution is 4.69. The van der Waals surface area contributed by atoms with Gasteiger partial charge in [0.25, 0.3) is 0 Å². The van der Waals surface area contributed by atoms with Gasteiger partial charge in [0, 0.05) is 0 Å². The van der Waals surface area contributed by atoms with Gasteiger partial charge in [0.1, 0.15) is 0 Å². The first-order valence-corrected chi connectivity index (χ1v) is 3.30. The van der Waals surface area contributed by atoms with Crippen molar-refractivity contribution in [2.75, 3.05) is 0 Å². The van der Waals surface area contributed by atoms with Gasteiger partial charge in [0.2, 0.25) is 0 Å². The monoisotopic (exact) mass is 131 g/mol. The summed E-state index contributed by atoms with van der Waals surface area (Å²) in [5.74, 6) is 0. The lowest BCUT2D eigenvalue weighted by Crippen LogP contribution is -2.04. The second kappa shape index (κ2) is 4.77. The van der Waals surface area contributed by atoms with Gasteiger partial charge in [0.15, 0.2) is 0 Å². The third-order valence-corrected chi connectivity index (χ3v) is 1.02. The molecule has 55 valence electrons. The molecule has 0 fully saturated rings. The van der Waals surface area contributed by atoms with Crippen molar-refractivity contribution in [3.8, 4) is 0 Å². The summed E-state index contributed by atoms with van der Waals surface area (Å²) < 4.78 is 0. The molecule has 2 nitrogen and oxygen atoms in total. The van der Waals surface area contributed by atoms with Gasteiger partial charge in [0.05, 0.1) is 12.2 Å². The van der Waals surface area contributed by atoms with Crippen LogP contribution in [0.3, 0.4) is 0 Å². The molecular formula is C7H15O2. The number of aliphatic hydroxyl groups is 2. The maximum absolute atomic E-state index is 8.75. The van der Waals surface area contributed by atoms with Gasteiger partial charge in [-0.2, -0.15) is 0 Å². The minimum Gasteiger partial charge on any atom is -0.393 e. The molecule has 0 spiro atoms. The Hall–Kier alpha value is -0.0800. The zero-order valence-electron chi connectivity index (χ0n) is 6.04. The Morgan fingerprint density at radius 2 is 1.44 bits per heavy atom. The predicted molar refractivity (Wildman–Crippen MR) is 36.9 cm³/mol. The van der Waals surface area contributed by atoms with Crippen molar-refractivity contribution < 1.29 is 10.2 Å². The van der Waals surface area contributed by atoms with Crippen LogP contribution in [0.1, 0.15) is 26.7 Å². The van der Waals surface area contributed by atoms with Crippen LogP contribution in [-0.4, -0.2) is 22.4 Å². The third kappa shape index (κ3) is 7.92. The van der Waals surface area contributed by atoms with Crippen molar-refractivity contribution in [1.82, 2.24) is 0 Å². The standard InChI is InChI=1S/C7H15O2/c1-6(8)4-3-5-7(2)9/h3,6-9H,4-5H2,1-2H3. The van der Waals surface area contributed by atoms with Crippen molar-refractivity contribution in [3.05, 3.63) is 6.42 Å². The molecule has 0 saturated heterocycles. The van der Waals surface area contributed by atoms with Crippen LogP contribution in [0, 0.1) is 6.42 Å². The Morgan fingerprint density at radius 3 is 1.67 bits per heavy atom. The SMILES string of the molecule is CC(O)C[CH]CC(C)O. The second-order valence-corrected chi connectivity index (χ2v) is 2.46. The van der Waals surface area contributed by atoms with Crippen molar-refractivity contribution in [1.29, 1.82) is 0 Å². The van der Waals surface area contributed by atoms with Crippen molar-refractivity contribution >= 4 is 0 Å². The number of hydrogen-bond donors (Lipinski definition) is 2. The number of aliphatic hydroxyl groups excluding tert-OH is 2. The fourth-order valence-corrected chi connectivity index (χ4v) is 0.579. The smallest absolute Gasteiger partial charge is 0.0514 e. The largest absolute Gasteiger partial charge is 0.393 e. The van der Waals surface area contributed by atoms with Crippen LogP contribution < -0.4 is 0 Å². The van der Waals surface area contributed by atoms with Gasteiger partial charge in [-0.1, -0.05) is 0 Å². The second-order valence-electron chi connectivity index (χ2n) is 2.46. The highest BCUT2D eigenvalue weighted by Gasteiger charge is 1.98. The average Bonchev–Trinajstić information content (AvgIpc) is 1.63. The zero-order chi connectivity index (χ0) is 7.28. The van der Waals surface area contributed by atoms with Crippen LogP contribution >= 0.6 is 0 Å². The average molecular weight is 131 g/mol. The first kappa shape index (κ1) is 8.92. The van der Waals surface area contributed by atoms with Crippen LogP contribution in [0.25, 0.3) is 0 Å². The third-order valence-electron chi connectivity index (χ3n) is 1.02. The van der Waals surface area contributed by atoms with Crippen LogP contribution in [0.2, 0.25) is 0 Å². The highest BCUT2D eigenvalue weighted by atomic mass is 16.3. The molecule has 1 radical (unpaired) electrons. The van der Waals surface area contributed by atoms with E-state index in [1.54, 1.807) is 13.8 Å². The Balaban J connectivity index is 2.91. The summed E-state index contributed by atoms with van der Waals surface area (Å²) in [4.78, 5) is 0. The zero-order valence-corrected chi connectivity index (χ0v) is 6.04. The van der Waals surface area contributed by atoms with Gasteiger partial charge in [-0.15, -0.1) is 0 Å². The number of hydrogen-bond acceptors (Lipinski definition) is 2. The molecule has 0 amide bonds. The lowest BCUT2D eigenvalue weighted by atomic mass is 10.1. The summed E-state index contributed by atoms with van der Waals surface area (Å²) in [5, 5.41) is 17.5. The minimum absolute atomic E-state index is 0.274. The van der Waals surface area contributed by atoms with Crippen molar-refractivity contribution in [3.63, 3.8) is 0 Å². The summed E-state index contributed by atoms with van der Waals surface area (Å²) >= 11 is 0. The highest BCUT2D eigenvalue weighted by Crippen LogP contribution is 2.00. The molecule has 2 atom stereocenters. The van der Waals surface area contributed by atoms with Gasteiger partial charge >= 0.3 is 0 Å². The summed E-state index contributed by atoms with van der Waals surface area (Å²) in [7, 11) is 0. The molecule has 0 heterocycles. The minimum atomic E-state index is -0.274. The van der Waals surface area contributed by atoms with E-state index < -0.39 is 0 Å². The molecule has 2 unspecified atom stereocenters. The van der Waals surface area contributed by atoms with E-state index in [2.05, 4.69) is 0 Å². The molecule has 0 aromatic rings. The quantitative estimate of drug-likeness (QED) is 0.590. The van der Waals surface area contributed by atoms with Crippen LogP contribution in [0.4, 0.5) is 0 Å². The van der Waals surface area contributed by atoms with E-state index in [0.29, 0.717) is 12.8 Å². The first-order valence-electron chi connectivity index (χ1n) is 3.30. The Morgan fingerprint density at radius 1 is 1.11 bits per heavy atom. The van der Waals surface area contributed by atoms with E-state index in [1.165, 1.54) is 0 Å². The molecule has 0 saturated carbocycles. The normalized spacial score (nSPS) is 17.3. The van der Waals surface area contributed by atoms with Crippen molar-refractivity contribution in [2.24, 2.45) is 0 Å². The summed E-state index contributed by atoms with van der Waals surface area (Å²) in [6, 6.07) is 0. The van der Waals surface area contributed by atoms with Crippen LogP contribution in [-0.2, 0) is 0 Å². The lowest BCUT2D eigenvalue weighted by Gasteiger charge is -2.04. The molecule has 0 aromatic heterocycles. The Kier molecular flexibility index (Phi) is 4.72. The maximum Gasteiger partial charge on any atom is 0.0514 e. The molecule has 0 rings (SSSR count). The van der Waals surface area contributed by atoms with Crippen LogP contribution in [0.15, 0.2) is 0 Å². The van der Waals surface area contributed by atoms with Gasteiger partial charge in [-0.25, -0.2) is 0 Å². The van der Waals surface area contributed by atoms with E-state index in [-0.39, 0.29) is 12.2 Å². The molecule has 9 heavy (non-hydrogen) atoms. The first-order chi connectivity index (χ1) is 4.13. The van der Waals surface area contributed by atoms with Gasteiger partial charge in [-0.05, 0) is 33.1 Å². The lowest BCUT2D eigenvalue weighted by molar-refractivity contribution is 0.173. The molecule has 0 aliphatic rings. The molecular weight excluding hydrogens is 116 g/mol. The van der Waals surface area contributed by atoms with E-state index in [0.717, 1.165) is 0 Å². The fraction of sp³-hybridized carbons (Fsp3) is 0.857. The van der Waals surface area contributed by atoms with Crippen LogP contribution in [0.5, 0.6) is 0 Å². The summed E-state index contributed by atoms with van der Waals surface area (Å²) in [5.41, 5.74) is 0. The Bertz CT molecular complexity index is 51.9. The van der Waals surface area contributed by atoms with Crippen molar-refractivity contribution in [2.45, 2.75) is 38.9 Å². The Labute approximate surface area is 56.5 Å². The van der Waals surface area contributed by atoms with E-state index in [4.69, 9.17) is 10.2 Å². The van der Waals surface area contributed by atoms with Gasteiger partial charge in [-0.3, -0.25) is 0 Å². The molecule has 0 aromatic carbocycles. The van der Waals surface area contributed by atoms with E-state index >= 15 is 0 Å². The van der Waals surface area contributed by atoms with E-state index in [9.17, 15) is 0 Å². The van der Waals surface area contributed by atoms with Gasteiger partial charge < -0.3 is 10.2 Å². The maximum atomic E-state index is 8.75. The topological polar surface area (TPSA) is 40.5 Å². The fourth-order valence-electron chi connectivity index (χ4n) is 0.579. The number of rotatable bonds is 4. The summed E-state index contributed by atoms with van der Waals surface area (Å²) in [6.07, 6.45) is 2.69. The molecule has 2 N–H and O–H groups in total. The molecule has 0 aliphatic carbocycles.